The number of aromatic nitrogens is 3. The first kappa shape index (κ1) is 20.3. The first-order valence-electron chi connectivity index (χ1n) is 10.2. The molecule has 0 unspecified atom stereocenters. The number of hydrogen-bond donors (Lipinski definition) is 1. The minimum absolute atomic E-state index is 0.363. The summed E-state index contributed by atoms with van der Waals surface area (Å²) in [6.45, 7) is 2.24. The van der Waals surface area contributed by atoms with E-state index in [2.05, 4.69) is 17.2 Å². The van der Waals surface area contributed by atoms with Crippen molar-refractivity contribution < 1.29 is 18.3 Å². The fraction of sp³-hybridized carbons (Fsp3) is 0.409. The molecule has 0 saturated heterocycles. The Morgan fingerprint density at radius 3 is 2.67 bits per heavy atom. The van der Waals surface area contributed by atoms with E-state index < -0.39 is 23.2 Å². The van der Waals surface area contributed by atoms with E-state index in [4.69, 9.17) is 9.84 Å². The molecular weight excluding hydrogens is 390 g/mol. The van der Waals surface area contributed by atoms with Crippen LogP contribution in [-0.2, 0) is 0 Å². The summed E-state index contributed by atoms with van der Waals surface area (Å²) in [6.07, 6.45) is 8.60. The Kier molecular flexibility index (Phi) is 5.65. The molecule has 158 valence electrons. The van der Waals surface area contributed by atoms with Crippen LogP contribution in [0.5, 0.6) is 5.75 Å². The largest absolute Gasteiger partial charge is 0.494 e. The molecule has 1 saturated carbocycles. The molecule has 1 N–H and O–H groups in total. The zero-order chi connectivity index (χ0) is 21.3. The number of nitrogens with one attached hydrogen (secondary N) is 1. The van der Waals surface area contributed by atoms with E-state index in [9.17, 15) is 13.6 Å². The highest BCUT2D eigenvalue weighted by Gasteiger charge is 2.23. The minimum atomic E-state index is -1.02. The number of carbonyl (C=O) groups is 1. The maximum absolute atomic E-state index is 13.9. The number of nitrogens with zero attached hydrogens (tertiary/aromatic N) is 3. The maximum Gasteiger partial charge on any atom is 0.277 e. The van der Waals surface area contributed by atoms with Crippen molar-refractivity contribution in [1.29, 1.82) is 0 Å². The molecule has 30 heavy (non-hydrogen) atoms. The van der Waals surface area contributed by atoms with Crippen molar-refractivity contribution in [3.63, 3.8) is 0 Å². The van der Waals surface area contributed by atoms with Crippen LogP contribution >= 0.6 is 0 Å². The summed E-state index contributed by atoms with van der Waals surface area (Å²) in [5.74, 6) is -1.45. The lowest BCUT2D eigenvalue weighted by atomic mass is 9.85. The molecule has 8 heteroatoms. The predicted molar refractivity (Wildman–Crippen MR) is 110 cm³/mol. The number of halogens is 2. The molecule has 1 aromatic carbocycles. The number of carbonyl (C=O) groups excluding carboxylic acids is 1. The molecule has 1 aliphatic rings. The second-order valence-corrected chi connectivity index (χ2v) is 7.74. The molecule has 0 spiro atoms. The van der Waals surface area contributed by atoms with E-state index in [1.165, 1.54) is 26.4 Å². The van der Waals surface area contributed by atoms with Gasteiger partial charge in [0.25, 0.3) is 5.91 Å². The number of anilines is 1. The third-order valence-electron chi connectivity index (χ3n) is 5.88. The monoisotopic (exact) mass is 414 g/mol. The van der Waals surface area contributed by atoms with Crippen LogP contribution in [-0.4, -0.2) is 27.8 Å². The van der Waals surface area contributed by atoms with E-state index >= 15 is 0 Å². The second kappa shape index (κ2) is 8.38. The summed E-state index contributed by atoms with van der Waals surface area (Å²) in [7, 11) is 1.48. The van der Waals surface area contributed by atoms with Crippen molar-refractivity contribution in [3.05, 3.63) is 47.9 Å². The third-order valence-corrected chi connectivity index (χ3v) is 5.88. The van der Waals surface area contributed by atoms with Crippen LogP contribution in [0.4, 0.5) is 14.5 Å². The van der Waals surface area contributed by atoms with Gasteiger partial charge >= 0.3 is 0 Å². The number of pyridine rings is 1. The lowest BCUT2D eigenvalue weighted by molar-refractivity contribution is 0.101. The van der Waals surface area contributed by atoms with E-state index in [1.807, 2.05) is 10.9 Å². The first-order chi connectivity index (χ1) is 14.5. The number of benzene rings is 1. The average Bonchev–Trinajstić information content (AvgIpc) is 3.16. The third kappa shape index (κ3) is 3.99. The Bertz CT molecular complexity index is 1070. The number of methoxy groups -OCH3 is 1. The van der Waals surface area contributed by atoms with Gasteiger partial charge < -0.3 is 10.1 Å². The molecule has 2 aromatic heterocycles. The lowest BCUT2D eigenvalue weighted by Gasteiger charge is -2.27. The predicted octanol–water partition coefficient (Wildman–Crippen LogP) is 5.11. The fourth-order valence-electron chi connectivity index (χ4n) is 4.11. The Morgan fingerprint density at radius 2 is 2.00 bits per heavy atom. The van der Waals surface area contributed by atoms with Gasteiger partial charge in [-0.2, -0.15) is 5.10 Å². The normalized spacial score (nSPS) is 19.1. The zero-order valence-corrected chi connectivity index (χ0v) is 17.0. The molecule has 1 fully saturated rings. The molecule has 0 bridgehead atoms. The average molecular weight is 414 g/mol. The van der Waals surface area contributed by atoms with E-state index in [-0.39, 0.29) is 0 Å². The number of hydrogen-bond acceptors (Lipinski definition) is 4. The Hall–Kier alpha value is -3.03. The van der Waals surface area contributed by atoms with Crippen molar-refractivity contribution >= 4 is 22.5 Å². The smallest absolute Gasteiger partial charge is 0.277 e. The highest BCUT2D eigenvalue weighted by Crippen LogP contribution is 2.35. The van der Waals surface area contributed by atoms with Crippen molar-refractivity contribution in [2.75, 3.05) is 12.4 Å². The summed E-state index contributed by atoms with van der Waals surface area (Å²) in [5.41, 5.74) is 0.644. The number of fused-ring (bicyclic) bond motifs is 1. The Labute approximate surface area is 173 Å². The van der Waals surface area contributed by atoms with Crippen LogP contribution in [0.2, 0.25) is 0 Å². The lowest BCUT2D eigenvalue weighted by Crippen LogP contribution is -2.18. The van der Waals surface area contributed by atoms with Gasteiger partial charge in [-0.3, -0.25) is 9.48 Å². The van der Waals surface area contributed by atoms with Gasteiger partial charge in [-0.05, 0) is 37.7 Å². The van der Waals surface area contributed by atoms with Gasteiger partial charge in [0.15, 0.2) is 11.5 Å². The van der Waals surface area contributed by atoms with Gasteiger partial charge in [-0.25, -0.2) is 13.8 Å². The fourth-order valence-corrected chi connectivity index (χ4v) is 4.11. The zero-order valence-electron chi connectivity index (χ0n) is 17.0. The second-order valence-electron chi connectivity index (χ2n) is 7.74. The highest BCUT2D eigenvalue weighted by atomic mass is 19.1. The molecule has 0 radical (unpaired) electrons. The van der Waals surface area contributed by atoms with Gasteiger partial charge in [0.1, 0.15) is 11.6 Å². The van der Waals surface area contributed by atoms with Gasteiger partial charge in [-0.15, -0.1) is 0 Å². The van der Waals surface area contributed by atoms with Crippen LogP contribution < -0.4 is 10.1 Å². The number of ether oxygens (including phenoxy) is 1. The van der Waals surface area contributed by atoms with Crippen molar-refractivity contribution in [1.82, 2.24) is 14.8 Å². The maximum atomic E-state index is 13.9. The van der Waals surface area contributed by atoms with E-state index in [0.717, 1.165) is 35.9 Å². The van der Waals surface area contributed by atoms with Crippen LogP contribution in [0.3, 0.4) is 0 Å². The van der Waals surface area contributed by atoms with Crippen molar-refractivity contribution in [3.8, 4) is 5.75 Å². The number of rotatable bonds is 5. The Balaban J connectivity index is 1.59. The van der Waals surface area contributed by atoms with Gasteiger partial charge in [0, 0.05) is 23.7 Å². The molecular formula is C22H24F2N4O2. The summed E-state index contributed by atoms with van der Waals surface area (Å²) >= 11 is 0. The standard InChI is InChI=1S/C22H24F2N4O2/c1-3-13-4-6-16(7-5-13)28-12-14-8-19(20(30-2)10-18(14)27-28)26-22(29)21-17(24)9-15(23)11-25-21/h8-13,16H,3-7H2,1-2H3,(H,26,29)/t13-,16-. The summed E-state index contributed by atoms with van der Waals surface area (Å²) in [4.78, 5) is 16.0. The highest BCUT2D eigenvalue weighted by molar-refractivity contribution is 6.05. The minimum Gasteiger partial charge on any atom is -0.494 e. The van der Waals surface area contributed by atoms with Gasteiger partial charge in [0.2, 0.25) is 0 Å². The topological polar surface area (TPSA) is 69.0 Å². The molecule has 4 rings (SSSR count). The van der Waals surface area contributed by atoms with Crippen LogP contribution in [0, 0.1) is 17.6 Å². The van der Waals surface area contributed by atoms with Crippen LogP contribution in [0.15, 0.2) is 30.6 Å². The molecule has 6 nitrogen and oxygen atoms in total. The van der Waals surface area contributed by atoms with Crippen LogP contribution in [0.1, 0.15) is 55.6 Å². The number of amides is 1. The molecule has 0 atom stereocenters. The van der Waals surface area contributed by atoms with Gasteiger partial charge in [-0.1, -0.05) is 13.3 Å². The van der Waals surface area contributed by atoms with Gasteiger partial charge in [0.05, 0.1) is 30.6 Å². The molecule has 1 aliphatic carbocycles. The summed E-state index contributed by atoms with van der Waals surface area (Å²) in [6, 6.07) is 4.48. The first-order valence-corrected chi connectivity index (χ1v) is 10.2. The molecule has 3 aromatic rings. The molecule has 0 aliphatic heterocycles. The van der Waals surface area contributed by atoms with Crippen LogP contribution in [0.25, 0.3) is 10.9 Å². The quantitative estimate of drug-likeness (QED) is 0.630. The molecule has 2 heterocycles. The molecule has 1 amide bonds. The summed E-state index contributed by atoms with van der Waals surface area (Å²) < 4.78 is 34.3. The van der Waals surface area contributed by atoms with Crippen molar-refractivity contribution in [2.24, 2.45) is 5.92 Å². The Morgan fingerprint density at radius 1 is 1.23 bits per heavy atom. The van der Waals surface area contributed by atoms with Crippen molar-refractivity contribution in [2.45, 2.75) is 45.1 Å². The van der Waals surface area contributed by atoms with E-state index in [0.29, 0.717) is 23.5 Å². The van der Waals surface area contributed by atoms with E-state index in [1.54, 1.807) is 12.1 Å². The summed E-state index contributed by atoms with van der Waals surface area (Å²) in [5, 5.41) is 8.16. The SMILES string of the molecule is CC[C@H]1CC[C@H](n2cc3cc(NC(=O)c4ncc(F)cc4F)c(OC)cc3n2)CC1.